The molecule has 1 aromatic rings. The van der Waals surface area contributed by atoms with E-state index < -0.39 is 24.2 Å². The third-order valence-corrected chi connectivity index (χ3v) is 2.75. The lowest BCUT2D eigenvalue weighted by atomic mass is 10.1. The number of aliphatic hydroxyl groups is 1. The molecule has 4 nitrogen and oxygen atoms in total. The van der Waals surface area contributed by atoms with Gasteiger partial charge in [0.2, 0.25) is 0 Å². The van der Waals surface area contributed by atoms with Crippen LogP contribution in [0.4, 0.5) is 13.2 Å². The van der Waals surface area contributed by atoms with Gasteiger partial charge in [-0.25, -0.2) is 4.98 Å². The monoisotopic (exact) mass is 316 g/mol. The van der Waals surface area contributed by atoms with Crippen molar-refractivity contribution < 1.29 is 23.1 Å². The Kier molecular flexibility index (Phi) is 4.65. The van der Waals surface area contributed by atoms with E-state index in [9.17, 15) is 18.0 Å². The fourth-order valence-corrected chi connectivity index (χ4v) is 1.35. The summed E-state index contributed by atoms with van der Waals surface area (Å²) in [6, 6.07) is 2.61. The molecule has 0 unspecified atom stereocenters. The zero-order valence-electron chi connectivity index (χ0n) is 9.55. The smallest absolute Gasteiger partial charge is 0.379 e. The summed E-state index contributed by atoms with van der Waals surface area (Å²) in [5.74, 6) is -0.961. The molecule has 0 radical (unpaired) electrons. The van der Waals surface area contributed by atoms with Gasteiger partial charge >= 0.3 is 6.18 Å². The van der Waals surface area contributed by atoms with Crippen molar-refractivity contribution in [3.8, 4) is 0 Å². The van der Waals surface area contributed by atoms with Crippen LogP contribution in [-0.2, 0) is 0 Å². The number of carbonyl (C=O) groups excluding carboxylic acids is 1. The fourth-order valence-electron chi connectivity index (χ4n) is 1.01. The molecular weight excluding hydrogens is 308 g/mol. The number of halogens is 5. The molecule has 0 saturated heterocycles. The van der Waals surface area contributed by atoms with E-state index in [2.05, 4.69) is 4.98 Å². The Labute approximate surface area is 116 Å². The molecule has 19 heavy (non-hydrogen) atoms. The van der Waals surface area contributed by atoms with Crippen molar-refractivity contribution in [2.75, 3.05) is 6.54 Å². The van der Waals surface area contributed by atoms with E-state index in [1.54, 1.807) is 0 Å². The number of nitrogens with one attached hydrogen (secondary N) is 1. The van der Waals surface area contributed by atoms with Gasteiger partial charge in [-0.05, 0) is 19.1 Å². The van der Waals surface area contributed by atoms with Crippen LogP contribution in [0.2, 0.25) is 10.2 Å². The summed E-state index contributed by atoms with van der Waals surface area (Å²) in [5, 5.41) is 11.0. The second-order valence-corrected chi connectivity index (χ2v) is 4.71. The van der Waals surface area contributed by atoms with Crippen LogP contribution in [0.3, 0.4) is 0 Å². The molecule has 9 heteroatoms. The maximum Gasteiger partial charge on any atom is 0.418 e. The number of rotatable bonds is 3. The third kappa shape index (κ3) is 3.95. The van der Waals surface area contributed by atoms with Gasteiger partial charge in [0.1, 0.15) is 10.8 Å². The van der Waals surface area contributed by atoms with Crippen LogP contribution in [0.1, 0.15) is 17.4 Å². The predicted octanol–water partition coefficient (Wildman–Crippen LogP) is 2.43. The van der Waals surface area contributed by atoms with Crippen molar-refractivity contribution in [2.45, 2.75) is 18.7 Å². The van der Waals surface area contributed by atoms with Crippen molar-refractivity contribution in [3.05, 3.63) is 28.0 Å². The van der Waals surface area contributed by atoms with Crippen LogP contribution in [0.5, 0.6) is 0 Å². The van der Waals surface area contributed by atoms with Gasteiger partial charge in [0.15, 0.2) is 5.60 Å². The molecule has 1 aromatic heterocycles. The summed E-state index contributed by atoms with van der Waals surface area (Å²) >= 11 is 11.2. The standard InChI is InChI=1S/C10H9Cl2F3N2O2/c1-9(19,10(13,14)15)4-16-8(18)7-5(11)2-3-6(12)17-7/h2-3,19H,4H2,1H3,(H,16,18)/t9-/m1/s1. The van der Waals surface area contributed by atoms with E-state index in [1.807, 2.05) is 5.32 Å². The third-order valence-electron chi connectivity index (χ3n) is 2.23. The average molecular weight is 317 g/mol. The highest BCUT2D eigenvalue weighted by atomic mass is 35.5. The fraction of sp³-hybridized carbons (Fsp3) is 0.400. The Morgan fingerprint density at radius 3 is 2.53 bits per heavy atom. The molecule has 0 spiro atoms. The van der Waals surface area contributed by atoms with Crippen LogP contribution >= 0.6 is 23.2 Å². The first-order chi connectivity index (χ1) is 8.54. The van der Waals surface area contributed by atoms with Crippen LogP contribution in [0.15, 0.2) is 12.1 Å². The molecular formula is C10H9Cl2F3N2O2. The predicted molar refractivity (Wildman–Crippen MR) is 63.3 cm³/mol. The van der Waals surface area contributed by atoms with Crippen LogP contribution < -0.4 is 5.32 Å². The number of pyridine rings is 1. The molecule has 106 valence electrons. The lowest BCUT2D eigenvalue weighted by molar-refractivity contribution is -0.249. The van der Waals surface area contributed by atoms with Gasteiger partial charge in [-0.1, -0.05) is 23.2 Å². The Hall–Kier alpha value is -1.05. The zero-order valence-corrected chi connectivity index (χ0v) is 11.1. The number of amides is 1. The molecule has 2 N–H and O–H groups in total. The van der Waals surface area contributed by atoms with Crippen molar-refractivity contribution >= 4 is 29.1 Å². The van der Waals surface area contributed by atoms with E-state index in [-0.39, 0.29) is 15.9 Å². The summed E-state index contributed by atoms with van der Waals surface area (Å²) in [7, 11) is 0. The van der Waals surface area contributed by atoms with Gasteiger partial charge in [0.25, 0.3) is 5.91 Å². The minimum atomic E-state index is -4.87. The molecule has 1 atom stereocenters. The van der Waals surface area contributed by atoms with Gasteiger partial charge in [0.05, 0.1) is 11.6 Å². The van der Waals surface area contributed by atoms with Gasteiger partial charge in [-0.15, -0.1) is 0 Å². The van der Waals surface area contributed by atoms with Crippen LogP contribution in [0, 0.1) is 0 Å². The highest BCUT2D eigenvalue weighted by Crippen LogP contribution is 2.29. The lowest BCUT2D eigenvalue weighted by Crippen LogP contribution is -2.51. The maximum absolute atomic E-state index is 12.4. The van der Waals surface area contributed by atoms with Gasteiger partial charge in [-0.3, -0.25) is 4.79 Å². The molecule has 1 rings (SSSR count). The lowest BCUT2D eigenvalue weighted by Gasteiger charge is -2.26. The van der Waals surface area contributed by atoms with Crippen molar-refractivity contribution in [1.29, 1.82) is 0 Å². The van der Waals surface area contributed by atoms with Crippen LogP contribution in [-0.4, -0.2) is 34.3 Å². The van der Waals surface area contributed by atoms with E-state index in [1.165, 1.54) is 12.1 Å². The second kappa shape index (κ2) is 5.52. The first kappa shape index (κ1) is 16.0. The molecule has 1 heterocycles. The number of nitrogens with zero attached hydrogens (tertiary/aromatic N) is 1. The average Bonchev–Trinajstić information content (AvgIpc) is 2.28. The Balaban J connectivity index is 2.79. The molecule has 0 aliphatic heterocycles. The molecule has 0 aliphatic carbocycles. The zero-order chi connectivity index (χ0) is 14.8. The normalized spacial score (nSPS) is 14.9. The molecule has 0 aromatic carbocycles. The van der Waals surface area contributed by atoms with Crippen LogP contribution in [0.25, 0.3) is 0 Å². The first-order valence-electron chi connectivity index (χ1n) is 4.94. The van der Waals surface area contributed by atoms with Gasteiger partial charge in [0, 0.05) is 0 Å². The quantitative estimate of drug-likeness (QED) is 0.842. The number of aromatic nitrogens is 1. The summed E-state index contributed by atoms with van der Waals surface area (Å²) in [4.78, 5) is 15.2. The molecule has 0 bridgehead atoms. The Bertz CT molecular complexity index is 492. The van der Waals surface area contributed by atoms with Crippen molar-refractivity contribution in [2.24, 2.45) is 0 Å². The highest BCUT2D eigenvalue weighted by Gasteiger charge is 2.49. The first-order valence-corrected chi connectivity index (χ1v) is 5.69. The number of carbonyl (C=O) groups is 1. The number of hydrogen-bond donors (Lipinski definition) is 2. The topological polar surface area (TPSA) is 62.2 Å². The summed E-state index contributed by atoms with van der Waals surface area (Å²) in [6.45, 7) is -0.486. The SMILES string of the molecule is C[C@@](O)(CNC(=O)c1nc(Cl)ccc1Cl)C(F)(F)F. The van der Waals surface area contributed by atoms with E-state index in [0.29, 0.717) is 6.92 Å². The van der Waals surface area contributed by atoms with Crippen molar-refractivity contribution in [3.63, 3.8) is 0 Å². The summed E-state index contributed by atoms with van der Waals surface area (Å²) < 4.78 is 37.1. The Morgan fingerprint density at radius 2 is 2.00 bits per heavy atom. The minimum absolute atomic E-state index is 0.0304. The van der Waals surface area contributed by atoms with E-state index in [0.717, 1.165) is 0 Å². The van der Waals surface area contributed by atoms with E-state index >= 15 is 0 Å². The molecule has 0 aliphatic rings. The van der Waals surface area contributed by atoms with Gasteiger partial charge < -0.3 is 10.4 Å². The maximum atomic E-state index is 12.4. The molecule has 0 saturated carbocycles. The second-order valence-electron chi connectivity index (χ2n) is 3.92. The van der Waals surface area contributed by atoms with Crippen molar-refractivity contribution in [1.82, 2.24) is 10.3 Å². The largest absolute Gasteiger partial charge is 0.418 e. The highest BCUT2D eigenvalue weighted by molar-refractivity contribution is 6.34. The Morgan fingerprint density at radius 1 is 1.42 bits per heavy atom. The molecule has 1 amide bonds. The number of hydrogen-bond acceptors (Lipinski definition) is 3. The summed E-state index contributed by atoms with van der Waals surface area (Å²) in [6.07, 6.45) is -4.87. The number of alkyl halides is 3. The van der Waals surface area contributed by atoms with Gasteiger partial charge in [-0.2, -0.15) is 13.2 Å². The minimum Gasteiger partial charge on any atom is -0.379 e. The molecule has 0 fully saturated rings. The summed E-state index contributed by atoms with van der Waals surface area (Å²) in [5.41, 5.74) is -3.36. The van der Waals surface area contributed by atoms with E-state index in [4.69, 9.17) is 28.3 Å².